The number of pyridine rings is 1. The third kappa shape index (κ3) is 2.35. The average molecular weight is 206 g/mol. The Labute approximate surface area is 90.7 Å². The van der Waals surface area contributed by atoms with Crippen molar-refractivity contribution in [1.82, 2.24) is 4.98 Å². The van der Waals surface area contributed by atoms with Gasteiger partial charge in [-0.15, -0.1) is 0 Å². The summed E-state index contributed by atoms with van der Waals surface area (Å²) in [6.45, 7) is 8.28. The first-order valence-corrected chi connectivity index (χ1v) is 5.15. The van der Waals surface area contributed by atoms with Crippen LogP contribution in [0.5, 0.6) is 0 Å². The van der Waals surface area contributed by atoms with Gasteiger partial charge >= 0.3 is 0 Å². The molecule has 0 saturated carbocycles. The molecule has 82 valence electrons. The van der Waals surface area contributed by atoms with Gasteiger partial charge in [-0.1, -0.05) is 27.7 Å². The Balaban J connectivity index is 3.47. The van der Waals surface area contributed by atoms with Gasteiger partial charge < -0.3 is 5.73 Å². The molecular formula is C12H18N2O. The van der Waals surface area contributed by atoms with Gasteiger partial charge in [-0.3, -0.25) is 9.78 Å². The molecule has 0 unspecified atom stereocenters. The van der Waals surface area contributed by atoms with Crippen molar-refractivity contribution in [2.45, 2.75) is 39.5 Å². The first kappa shape index (κ1) is 11.7. The van der Waals surface area contributed by atoms with Crippen LogP contribution in [0.2, 0.25) is 0 Å². The van der Waals surface area contributed by atoms with E-state index in [-0.39, 0.29) is 5.41 Å². The van der Waals surface area contributed by atoms with Gasteiger partial charge in [0.2, 0.25) is 0 Å². The topological polar surface area (TPSA) is 56.0 Å². The highest BCUT2D eigenvalue weighted by molar-refractivity contribution is 5.94. The molecule has 1 amide bonds. The fourth-order valence-electron chi connectivity index (χ4n) is 1.84. The molecule has 1 aromatic heterocycles. The molecule has 0 aliphatic rings. The molecule has 1 heterocycles. The number of carbonyl (C=O) groups is 1. The summed E-state index contributed by atoms with van der Waals surface area (Å²) in [7, 11) is 0. The van der Waals surface area contributed by atoms with Crippen LogP contribution in [0.4, 0.5) is 0 Å². The Morgan fingerprint density at radius 2 is 2.00 bits per heavy atom. The monoisotopic (exact) mass is 206 g/mol. The summed E-state index contributed by atoms with van der Waals surface area (Å²) in [5, 5.41) is 0. The molecule has 0 saturated heterocycles. The molecule has 1 rings (SSSR count). The van der Waals surface area contributed by atoms with Crippen molar-refractivity contribution in [3.8, 4) is 0 Å². The number of rotatable bonds is 2. The van der Waals surface area contributed by atoms with Crippen LogP contribution in [0.15, 0.2) is 12.4 Å². The largest absolute Gasteiger partial charge is 0.366 e. The second-order valence-corrected chi connectivity index (χ2v) is 4.69. The van der Waals surface area contributed by atoms with Crippen molar-refractivity contribution >= 4 is 5.91 Å². The Morgan fingerprint density at radius 1 is 1.40 bits per heavy atom. The van der Waals surface area contributed by atoms with E-state index in [0.717, 1.165) is 17.5 Å². The number of carbonyl (C=O) groups excluding carboxylic acids is 1. The molecule has 0 bridgehead atoms. The summed E-state index contributed by atoms with van der Waals surface area (Å²) in [6.07, 6.45) is 4.23. The van der Waals surface area contributed by atoms with E-state index in [2.05, 4.69) is 32.7 Å². The van der Waals surface area contributed by atoms with Crippen LogP contribution < -0.4 is 5.73 Å². The summed E-state index contributed by atoms with van der Waals surface area (Å²) in [5.41, 5.74) is 7.93. The van der Waals surface area contributed by atoms with E-state index in [4.69, 9.17) is 5.73 Å². The van der Waals surface area contributed by atoms with E-state index < -0.39 is 5.91 Å². The zero-order valence-corrected chi connectivity index (χ0v) is 9.79. The van der Waals surface area contributed by atoms with Gasteiger partial charge in [0, 0.05) is 12.4 Å². The third-order valence-electron chi connectivity index (χ3n) is 2.42. The first-order chi connectivity index (χ1) is 6.88. The van der Waals surface area contributed by atoms with Crippen LogP contribution in [0.1, 0.15) is 49.2 Å². The highest BCUT2D eigenvalue weighted by atomic mass is 16.1. The van der Waals surface area contributed by atoms with E-state index in [1.54, 1.807) is 6.20 Å². The lowest BCUT2D eigenvalue weighted by Crippen LogP contribution is -2.23. The smallest absolute Gasteiger partial charge is 0.250 e. The fraction of sp³-hybridized carbons (Fsp3) is 0.500. The van der Waals surface area contributed by atoms with Crippen LogP contribution in [-0.4, -0.2) is 10.9 Å². The molecule has 0 radical (unpaired) electrons. The molecule has 3 heteroatoms. The molecule has 0 aliphatic carbocycles. The molecule has 0 spiro atoms. The maximum atomic E-state index is 11.3. The lowest BCUT2D eigenvalue weighted by molar-refractivity contribution is 0.0997. The number of aromatic nitrogens is 1. The van der Waals surface area contributed by atoms with Gasteiger partial charge in [-0.25, -0.2) is 0 Å². The number of nitrogens with two attached hydrogens (primary N) is 1. The van der Waals surface area contributed by atoms with Crippen molar-refractivity contribution < 1.29 is 4.79 Å². The molecule has 3 nitrogen and oxygen atoms in total. The van der Waals surface area contributed by atoms with Crippen LogP contribution >= 0.6 is 0 Å². The van der Waals surface area contributed by atoms with Crippen molar-refractivity contribution in [2.24, 2.45) is 5.73 Å². The van der Waals surface area contributed by atoms with Crippen molar-refractivity contribution in [3.63, 3.8) is 0 Å². The number of primary amides is 1. The Kier molecular flexibility index (Phi) is 3.12. The molecular weight excluding hydrogens is 188 g/mol. The average Bonchev–Trinajstić information content (AvgIpc) is 2.15. The van der Waals surface area contributed by atoms with E-state index in [9.17, 15) is 4.79 Å². The lowest BCUT2D eigenvalue weighted by atomic mass is 9.81. The minimum atomic E-state index is -0.400. The molecule has 0 aliphatic heterocycles. The number of amides is 1. The van der Waals surface area contributed by atoms with Gasteiger partial charge in [0.1, 0.15) is 0 Å². The standard InChI is InChI=1S/C12H18N2O/c1-5-8-6-14-7-9(11(13)15)10(8)12(2,3)4/h6-7H,5H2,1-4H3,(H2,13,15). The van der Waals surface area contributed by atoms with Crippen LogP contribution in [0.25, 0.3) is 0 Å². The summed E-state index contributed by atoms with van der Waals surface area (Å²) in [5.74, 6) is -0.400. The third-order valence-corrected chi connectivity index (χ3v) is 2.42. The predicted octanol–water partition coefficient (Wildman–Crippen LogP) is 2.04. The second kappa shape index (κ2) is 4.01. The predicted molar refractivity (Wildman–Crippen MR) is 60.8 cm³/mol. The quantitative estimate of drug-likeness (QED) is 0.805. The number of aryl methyl sites for hydroxylation is 1. The van der Waals surface area contributed by atoms with Gasteiger partial charge in [0.15, 0.2) is 0 Å². The summed E-state index contributed by atoms with van der Waals surface area (Å²) in [4.78, 5) is 15.4. The van der Waals surface area contributed by atoms with E-state index in [1.807, 2.05) is 6.20 Å². The fourth-order valence-corrected chi connectivity index (χ4v) is 1.84. The van der Waals surface area contributed by atoms with Crippen molar-refractivity contribution in [2.75, 3.05) is 0 Å². The molecule has 0 atom stereocenters. The second-order valence-electron chi connectivity index (χ2n) is 4.69. The highest BCUT2D eigenvalue weighted by Gasteiger charge is 2.23. The maximum absolute atomic E-state index is 11.3. The number of hydrogen-bond acceptors (Lipinski definition) is 2. The Morgan fingerprint density at radius 3 is 2.40 bits per heavy atom. The SMILES string of the molecule is CCc1cncc(C(N)=O)c1C(C)(C)C. The zero-order valence-electron chi connectivity index (χ0n) is 9.79. The van der Waals surface area contributed by atoms with Crippen LogP contribution in [0, 0.1) is 0 Å². The molecule has 0 fully saturated rings. The van der Waals surface area contributed by atoms with E-state index >= 15 is 0 Å². The van der Waals surface area contributed by atoms with Crippen molar-refractivity contribution in [1.29, 1.82) is 0 Å². The van der Waals surface area contributed by atoms with Gasteiger partial charge in [-0.2, -0.15) is 0 Å². The summed E-state index contributed by atoms with van der Waals surface area (Å²) >= 11 is 0. The molecule has 0 aromatic carbocycles. The molecule has 2 N–H and O–H groups in total. The van der Waals surface area contributed by atoms with E-state index in [0.29, 0.717) is 5.56 Å². The summed E-state index contributed by atoms with van der Waals surface area (Å²) < 4.78 is 0. The molecule has 1 aromatic rings. The first-order valence-electron chi connectivity index (χ1n) is 5.15. The minimum Gasteiger partial charge on any atom is -0.366 e. The Bertz CT molecular complexity index is 378. The maximum Gasteiger partial charge on any atom is 0.250 e. The highest BCUT2D eigenvalue weighted by Crippen LogP contribution is 2.28. The number of nitrogens with zero attached hydrogens (tertiary/aromatic N) is 1. The van der Waals surface area contributed by atoms with Gasteiger partial charge in [-0.05, 0) is 23.0 Å². The van der Waals surface area contributed by atoms with E-state index in [1.165, 1.54) is 0 Å². The number of hydrogen-bond donors (Lipinski definition) is 1. The minimum absolute atomic E-state index is 0.0847. The Hall–Kier alpha value is -1.38. The summed E-state index contributed by atoms with van der Waals surface area (Å²) in [6, 6.07) is 0. The molecule has 15 heavy (non-hydrogen) atoms. The van der Waals surface area contributed by atoms with Gasteiger partial charge in [0.25, 0.3) is 5.91 Å². The van der Waals surface area contributed by atoms with Crippen molar-refractivity contribution in [3.05, 3.63) is 29.1 Å². The van der Waals surface area contributed by atoms with Crippen LogP contribution in [-0.2, 0) is 11.8 Å². The zero-order chi connectivity index (χ0) is 11.6. The normalized spacial score (nSPS) is 11.5. The van der Waals surface area contributed by atoms with Crippen LogP contribution in [0.3, 0.4) is 0 Å². The van der Waals surface area contributed by atoms with Gasteiger partial charge in [0.05, 0.1) is 5.56 Å². The lowest BCUT2D eigenvalue weighted by Gasteiger charge is -2.24.